The third-order valence-electron chi connectivity index (χ3n) is 3.72. The Kier molecular flexibility index (Phi) is 6.27. The van der Waals surface area contributed by atoms with Crippen LogP contribution in [0.4, 0.5) is 0 Å². The Morgan fingerprint density at radius 1 is 1.35 bits per heavy atom. The van der Waals surface area contributed by atoms with Crippen molar-refractivity contribution < 1.29 is 9.84 Å². The molecule has 4 heteroatoms. The first kappa shape index (κ1) is 16.8. The van der Waals surface area contributed by atoms with Gasteiger partial charge in [0.05, 0.1) is 24.4 Å². The minimum atomic E-state index is -0.332. The first-order chi connectivity index (χ1) is 9.38. The summed E-state index contributed by atoms with van der Waals surface area (Å²) in [5.41, 5.74) is 0.268. The lowest BCUT2D eigenvalue weighted by Crippen LogP contribution is -2.26. The summed E-state index contributed by atoms with van der Waals surface area (Å²) in [6, 6.07) is 1.52. The van der Waals surface area contributed by atoms with E-state index in [4.69, 9.17) is 4.74 Å². The number of aromatic hydroxyl groups is 1. The van der Waals surface area contributed by atoms with E-state index in [0.29, 0.717) is 18.2 Å². The maximum absolute atomic E-state index is 11.4. The zero-order valence-corrected chi connectivity index (χ0v) is 13.2. The number of ether oxygens (including phenoxy) is 1. The molecule has 0 saturated carbocycles. The van der Waals surface area contributed by atoms with E-state index in [1.165, 1.54) is 6.07 Å². The van der Waals surface area contributed by atoms with Crippen molar-refractivity contribution in [3.05, 3.63) is 28.2 Å². The van der Waals surface area contributed by atoms with Crippen LogP contribution in [0.3, 0.4) is 0 Å². The first-order valence-electron chi connectivity index (χ1n) is 7.40. The quantitative estimate of drug-likeness (QED) is 0.834. The number of rotatable bonds is 7. The minimum Gasteiger partial charge on any atom is -0.503 e. The molecule has 4 nitrogen and oxygen atoms in total. The molecule has 1 aromatic heterocycles. The Balaban J connectivity index is 2.92. The van der Waals surface area contributed by atoms with Gasteiger partial charge in [0.2, 0.25) is 5.43 Å². The molecule has 2 unspecified atom stereocenters. The molecule has 0 saturated heterocycles. The summed E-state index contributed by atoms with van der Waals surface area (Å²) in [5.74, 6) is 0.184. The predicted molar refractivity (Wildman–Crippen MR) is 81.3 cm³/mol. The van der Waals surface area contributed by atoms with Crippen LogP contribution in [-0.4, -0.2) is 22.4 Å². The van der Waals surface area contributed by atoms with Crippen molar-refractivity contribution in [1.82, 2.24) is 4.57 Å². The molecule has 0 aliphatic heterocycles. The Hall–Kier alpha value is -1.29. The molecule has 0 radical (unpaired) electrons. The zero-order valence-electron chi connectivity index (χ0n) is 13.2. The Bertz CT molecular complexity index is 479. The van der Waals surface area contributed by atoms with Gasteiger partial charge in [-0.25, -0.2) is 0 Å². The van der Waals surface area contributed by atoms with Gasteiger partial charge in [0.15, 0.2) is 5.75 Å². The average molecular weight is 281 g/mol. The highest BCUT2D eigenvalue weighted by atomic mass is 16.5. The van der Waals surface area contributed by atoms with Crippen LogP contribution in [0.5, 0.6) is 5.75 Å². The summed E-state index contributed by atoms with van der Waals surface area (Å²) in [4.78, 5) is 11.4. The Morgan fingerprint density at radius 3 is 2.55 bits per heavy atom. The Labute approximate surface area is 121 Å². The van der Waals surface area contributed by atoms with Crippen LogP contribution in [0.1, 0.15) is 52.3 Å². The fourth-order valence-corrected chi connectivity index (χ4v) is 2.35. The van der Waals surface area contributed by atoms with E-state index in [2.05, 4.69) is 27.7 Å². The molecule has 1 aromatic rings. The summed E-state index contributed by atoms with van der Waals surface area (Å²) in [6.45, 7) is 10.8. The molecule has 0 amide bonds. The van der Waals surface area contributed by atoms with E-state index in [9.17, 15) is 9.90 Å². The highest BCUT2D eigenvalue weighted by molar-refractivity contribution is 5.25. The van der Waals surface area contributed by atoms with Crippen LogP contribution >= 0.6 is 0 Å². The van der Waals surface area contributed by atoms with Crippen LogP contribution in [0.15, 0.2) is 17.1 Å². The molecule has 1 rings (SSSR count). The van der Waals surface area contributed by atoms with Crippen molar-refractivity contribution in [3.8, 4) is 5.75 Å². The van der Waals surface area contributed by atoms with E-state index in [0.717, 1.165) is 12.8 Å². The lowest BCUT2D eigenvalue weighted by molar-refractivity contribution is 0.0269. The maximum Gasteiger partial charge on any atom is 0.223 e. The van der Waals surface area contributed by atoms with Crippen LogP contribution in [0.2, 0.25) is 0 Å². The van der Waals surface area contributed by atoms with Gasteiger partial charge in [0.25, 0.3) is 0 Å². The van der Waals surface area contributed by atoms with E-state index in [-0.39, 0.29) is 23.3 Å². The largest absolute Gasteiger partial charge is 0.503 e. The molecule has 0 aliphatic rings. The highest BCUT2D eigenvalue weighted by Crippen LogP contribution is 2.23. The summed E-state index contributed by atoms with van der Waals surface area (Å²) in [7, 11) is 0. The molecular weight excluding hydrogens is 254 g/mol. The van der Waals surface area contributed by atoms with Crippen molar-refractivity contribution in [3.63, 3.8) is 0 Å². The fraction of sp³-hybridized carbons (Fsp3) is 0.688. The second-order valence-corrected chi connectivity index (χ2v) is 5.77. The number of nitrogens with zero attached hydrogens (tertiary/aromatic N) is 1. The van der Waals surface area contributed by atoms with Crippen LogP contribution < -0.4 is 5.43 Å². The third-order valence-corrected chi connectivity index (χ3v) is 3.72. The number of hydrogen-bond acceptors (Lipinski definition) is 3. The van der Waals surface area contributed by atoms with Crippen molar-refractivity contribution >= 4 is 0 Å². The molecular formula is C16H27NO3. The van der Waals surface area contributed by atoms with E-state index in [1.807, 2.05) is 4.57 Å². The van der Waals surface area contributed by atoms with Crippen molar-refractivity contribution in [2.75, 3.05) is 6.61 Å². The molecule has 1 N–H and O–H groups in total. The fourth-order valence-electron chi connectivity index (χ4n) is 2.35. The van der Waals surface area contributed by atoms with Crippen molar-refractivity contribution in [2.45, 2.75) is 59.6 Å². The molecule has 2 atom stereocenters. The second-order valence-electron chi connectivity index (χ2n) is 5.77. The topological polar surface area (TPSA) is 51.5 Å². The van der Waals surface area contributed by atoms with Crippen LogP contribution in [0.25, 0.3) is 0 Å². The maximum atomic E-state index is 11.4. The normalized spacial score (nSPS) is 14.5. The van der Waals surface area contributed by atoms with Gasteiger partial charge in [-0.15, -0.1) is 0 Å². The number of pyridine rings is 1. The van der Waals surface area contributed by atoms with Gasteiger partial charge in [-0.3, -0.25) is 4.79 Å². The van der Waals surface area contributed by atoms with E-state index in [1.54, 1.807) is 13.1 Å². The summed E-state index contributed by atoms with van der Waals surface area (Å²) in [5, 5.41) is 9.81. The minimum absolute atomic E-state index is 0.112. The summed E-state index contributed by atoms with van der Waals surface area (Å²) < 4.78 is 7.85. The van der Waals surface area contributed by atoms with Crippen molar-refractivity contribution in [2.24, 2.45) is 5.92 Å². The van der Waals surface area contributed by atoms with Gasteiger partial charge in [0, 0.05) is 12.3 Å². The van der Waals surface area contributed by atoms with Gasteiger partial charge in [0.1, 0.15) is 0 Å². The standard InChI is InChI=1S/C16H27NO3/c1-6-7-12(4)20-10-14(11(2)3)17-9-8-15(18)16(19)13(17)5/h8-9,11-12,14,19H,6-7,10H2,1-5H3. The predicted octanol–water partition coefficient (Wildman–Crippen LogP) is 3.26. The molecule has 0 bridgehead atoms. The molecule has 0 aromatic carbocycles. The summed E-state index contributed by atoms with van der Waals surface area (Å²) >= 11 is 0. The molecule has 0 aliphatic carbocycles. The molecule has 0 fully saturated rings. The van der Waals surface area contributed by atoms with Gasteiger partial charge >= 0.3 is 0 Å². The molecule has 20 heavy (non-hydrogen) atoms. The zero-order chi connectivity index (χ0) is 15.3. The van der Waals surface area contributed by atoms with Gasteiger partial charge in [-0.05, 0) is 26.2 Å². The average Bonchev–Trinajstić information content (AvgIpc) is 2.38. The molecule has 0 spiro atoms. The molecule has 1 heterocycles. The summed E-state index contributed by atoms with van der Waals surface area (Å²) in [6.07, 6.45) is 4.12. The van der Waals surface area contributed by atoms with Crippen molar-refractivity contribution in [1.29, 1.82) is 0 Å². The van der Waals surface area contributed by atoms with Gasteiger partial charge < -0.3 is 14.4 Å². The van der Waals surface area contributed by atoms with Gasteiger partial charge in [-0.2, -0.15) is 0 Å². The lowest BCUT2D eigenvalue weighted by Gasteiger charge is -2.27. The van der Waals surface area contributed by atoms with Gasteiger partial charge in [-0.1, -0.05) is 27.2 Å². The van der Waals surface area contributed by atoms with E-state index < -0.39 is 0 Å². The first-order valence-corrected chi connectivity index (χ1v) is 7.40. The second kappa shape index (κ2) is 7.48. The van der Waals surface area contributed by atoms with E-state index >= 15 is 0 Å². The lowest BCUT2D eigenvalue weighted by atomic mass is 10.0. The smallest absolute Gasteiger partial charge is 0.223 e. The third kappa shape index (κ3) is 4.10. The number of aromatic nitrogens is 1. The van der Waals surface area contributed by atoms with Crippen LogP contribution in [-0.2, 0) is 4.74 Å². The monoisotopic (exact) mass is 281 g/mol. The number of hydrogen-bond donors (Lipinski definition) is 1. The molecule has 114 valence electrons. The Morgan fingerprint density at radius 2 is 2.00 bits per heavy atom. The highest BCUT2D eigenvalue weighted by Gasteiger charge is 2.19. The SMILES string of the molecule is CCCC(C)OCC(C(C)C)n1ccc(=O)c(O)c1C. The van der Waals surface area contributed by atoms with Crippen LogP contribution in [0, 0.1) is 12.8 Å².